The van der Waals surface area contributed by atoms with Crippen LogP contribution < -0.4 is 4.72 Å². The third kappa shape index (κ3) is 3.40. The molecule has 6 nitrogen and oxygen atoms in total. The van der Waals surface area contributed by atoms with Gasteiger partial charge in [0.2, 0.25) is 10.0 Å². The number of nitrogens with one attached hydrogen (secondary N) is 1. The maximum Gasteiger partial charge on any atom is 0.249 e. The molecule has 1 aliphatic rings. The first-order valence-electron chi connectivity index (χ1n) is 7.13. The summed E-state index contributed by atoms with van der Waals surface area (Å²) in [7, 11) is -3.63. The summed E-state index contributed by atoms with van der Waals surface area (Å²) in [5, 5.41) is 3.71. The van der Waals surface area contributed by atoms with Gasteiger partial charge in [-0.3, -0.25) is 9.52 Å². The van der Waals surface area contributed by atoms with Crippen LogP contribution in [0.25, 0.3) is 0 Å². The predicted molar refractivity (Wildman–Crippen MR) is 86.2 cm³/mol. The van der Waals surface area contributed by atoms with Crippen LogP contribution in [0.1, 0.15) is 47.4 Å². The minimum absolute atomic E-state index is 0.187. The van der Waals surface area contributed by atoms with E-state index in [4.69, 9.17) is 16.1 Å². The Balaban J connectivity index is 1.79. The summed E-state index contributed by atoms with van der Waals surface area (Å²) >= 11 is 5.60. The van der Waals surface area contributed by atoms with E-state index in [-0.39, 0.29) is 11.7 Å². The number of alkyl halides is 1. The molecule has 8 heteroatoms. The summed E-state index contributed by atoms with van der Waals surface area (Å²) in [5.74, 6) is 0.733. The van der Waals surface area contributed by atoms with Gasteiger partial charge in [-0.1, -0.05) is 5.16 Å². The van der Waals surface area contributed by atoms with E-state index in [1.54, 1.807) is 12.1 Å². The lowest BCUT2D eigenvalue weighted by atomic mass is 10.0. The Morgan fingerprint density at radius 3 is 2.57 bits per heavy atom. The van der Waals surface area contributed by atoms with Gasteiger partial charge in [0.05, 0.1) is 11.8 Å². The first-order chi connectivity index (χ1) is 10.9. The molecule has 1 heterocycles. The maximum atomic E-state index is 12.5. The topological polar surface area (TPSA) is 89.3 Å². The molecule has 0 radical (unpaired) electrons. The van der Waals surface area contributed by atoms with Crippen LogP contribution in [-0.2, 0) is 10.0 Å². The zero-order valence-corrected chi connectivity index (χ0v) is 13.9. The van der Waals surface area contributed by atoms with Gasteiger partial charge in [0.15, 0.2) is 16.3 Å². The Hall–Kier alpha value is -1.86. The van der Waals surface area contributed by atoms with Crippen LogP contribution >= 0.6 is 11.6 Å². The van der Waals surface area contributed by atoms with Crippen LogP contribution in [0.15, 0.2) is 35.0 Å². The molecule has 1 saturated carbocycles. The first kappa shape index (κ1) is 16.0. The second kappa shape index (κ2) is 5.98. The average molecular weight is 355 g/mol. The van der Waals surface area contributed by atoms with Crippen molar-refractivity contribution in [3.8, 4) is 0 Å². The molecule has 23 heavy (non-hydrogen) atoms. The lowest BCUT2D eigenvalue weighted by Crippen LogP contribution is -2.20. The van der Waals surface area contributed by atoms with E-state index >= 15 is 0 Å². The van der Waals surface area contributed by atoms with E-state index < -0.39 is 14.7 Å². The Morgan fingerprint density at radius 2 is 2.00 bits per heavy atom. The summed E-state index contributed by atoms with van der Waals surface area (Å²) in [6.07, 6.45) is 3.45. The molecule has 1 aromatic heterocycles. The van der Waals surface area contributed by atoms with Crippen molar-refractivity contribution < 1.29 is 17.7 Å². The van der Waals surface area contributed by atoms with Crippen molar-refractivity contribution in [1.82, 2.24) is 5.16 Å². The van der Waals surface area contributed by atoms with E-state index in [0.717, 1.165) is 12.8 Å². The second-order valence-electron chi connectivity index (χ2n) is 5.47. The van der Waals surface area contributed by atoms with Crippen molar-refractivity contribution in [2.45, 2.75) is 30.4 Å². The predicted octanol–water partition coefficient (Wildman–Crippen LogP) is 3.11. The maximum absolute atomic E-state index is 12.5. The number of nitrogens with zero attached hydrogens (tertiary/aromatic N) is 1. The van der Waals surface area contributed by atoms with E-state index in [1.165, 1.54) is 25.3 Å². The third-order valence-corrected chi connectivity index (χ3v) is 5.70. The van der Waals surface area contributed by atoms with Gasteiger partial charge >= 0.3 is 0 Å². The fourth-order valence-electron chi connectivity index (χ4n) is 2.15. The lowest BCUT2D eigenvalue weighted by Gasteiger charge is -2.09. The molecule has 0 spiro atoms. The quantitative estimate of drug-likeness (QED) is 0.636. The molecule has 2 aromatic rings. The number of hydrogen-bond acceptors (Lipinski definition) is 5. The Kier molecular flexibility index (Phi) is 4.16. The van der Waals surface area contributed by atoms with Crippen molar-refractivity contribution in [2.24, 2.45) is 0 Å². The van der Waals surface area contributed by atoms with Gasteiger partial charge in [-0.15, -0.1) is 11.6 Å². The van der Waals surface area contributed by atoms with Gasteiger partial charge in [0.25, 0.3) is 0 Å². The summed E-state index contributed by atoms with van der Waals surface area (Å²) in [6.45, 7) is 1.37. The average Bonchev–Trinajstić information content (AvgIpc) is 3.24. The molecule has 0 bridgehead atoms. The van der Waals surface area contributed by atoms with Crippen molar-refractivity contribution in [3.63, 3.8) is 0 Å². The minimum atomic E-state index is -3.63. The molecule has 1 N–H and O–H groups in total. The molecule has 122 valence electrons. The Labute approximate surface area is 138 Å². The summed E-state index contributed by atoms with van der Waals surface area (Å²) in [5.41, 5.74) is 1.26. The van der Waals surface area contributed by atoms with Gasteiger partial charge in [0, 0.05) is 17.2 Å². The first-order valence-corrected chi connectivity index (χ1v) is 9.12. The van der Waals surface area contributed by atoms with Crippen molar-refractivity contribution in [2.75, 3.05) is 4.72 Å². The number of benzene rings is 1. The van der Waals surface area contributed by atoms with Gasteiger partial charge < -0.3 is 4.52 Å². The standard InChI is InChI=1S/C15H15ClN2O4S/c1-9(16)23(20,21)18-12-6-4-10(5-7-12)14(19)13-8-17-22-15(13)11-2-3-11/h4-9,11,18H,2-3H2,1H3. The molecule has 0 amide bonds. The van der Waals surface area contributed by atoms with Crippen LogP contribution in [-0.4, -0.2) is 24.1 Å². The van der Waals surface area contributed by atoms with Crippen LogP contribution in [0.4, 0.5) is 5.69 Å². The van der Waals surface area contributed by atoms with Gasteiger partial charge in [0.1, 0.15) is 0 Å². The Bertz CT molecular complexity index is 823. The highest BCUT2D eigenvalue weighted by Crippen LogP contribution is 2.42. The van der Waals surface area contributed by atoms with Crippen molar-refractivity contribution >= 4 is 33.1 Å². The van der Waals surface area contributed by atoms with E-state index in [9.17, 15) is 13.2 Å². The molecule has 0 aliphatic heterocycles. The summed E-state index contributed by atoms with van der Waals surface area (Å²) in [4.78, 5) is 12.5. The van der Waals surface area contributed by atoms with Gasteiger partial charge in [-0.2, -0.15) is 0 Å². The smallest absolute Gasteiger partial charge is 0.249 e. The van der Waals surface area contributed by atoms with E-state index in [1.807, 2.05) is 0 Å². The number of hydrogen-bond donors (Lipinski definition) is 1. The number of halogens is 1. The molecular formula is C15H15ClN2O4S. The minimum Gasteiger partial charge on any atom is -0.360 e. The highest BCUT2D eigenvalue weighted by molar-refractivity contribution is 7.94. The summed E-state index contributed by atoms with van der Waals surface area (Å²) in [6, 6.07) is 6.16. The normalized spacial score (nSPS) is 16.1. The zero-order valence-electron chi connectivity index (χ0n) is 12.3. The number of rotatable bonds is 6. The number of ketones is 1. The highest BCUT2D eigenvalue weighted by atomic mass is 35.5. The van der Waals surface area contributed by atoms with Gasteiger partial charge in [-0.25, -0.2) is 8.42 Å². The van der Waals surface area contributed by atoms with Gasteiger partial charge in [-0.05, 0) is 44.0 Å². The van der Waals surface area contributed by atoms with E-state index in [0.29, 0.717) is 22.6 Å². The number of anilines is 1. The monoisotopic (exact) mass is 354 g/mol. The SMILES string of the molecule is CC(Cl)S(=O)(=O)Nc1ccc(C(=O)c2cnoc2C2CC2)cc1. The molecular weight excluding hydrogens is 340 g/mol. The van der Waals surface area contributed by atoms with Crippen LogP contribution in [0.5, 0.6) is 0 Å². The summed E-state index contributed by atoms with van der Waals surface area (Å²) < 4.78 is 29.9. The lowest BCUT2D eigenvalue weighted by molar-refractivity contribution is 0.103. The molecule has 3 rings (SSSR count). The van der Waals surface area contributed by atoms with Crippen LogP contribution in [0.2, 0.25) is 0 Å². The molecule has 0 saturated heterocycles. The number of carbonyl (C=O) groups excluding carboxylic acids is 1. The van der Waals surface area contributed by atoms with Crippen LogP contribution in [0.3, 0.4) is 0 Å². The fraction of sp³-hybridized carbons (Fsp3) is 0.333. The molecule has 1 aromatic carbocycles. The third-order valence-electron chi connectivity index (χ3n) is 3.63. The number of aromatic nitrogens is 1. The van der Waals surface area contributed by atoms with Crippen LogP contribution in [0, 0.1) is 0 Å². The zero-order chi connectivity index (χ0) is 16.6. The Morgan fingerprint density at radius 1 is 1.35 bits per heavy atom. The number of carbonyl (C=O) groups is 1. The fourth-order valence-corrected chi connectivity index (χ4v) is 2.91. The highest BCUT2D eigenvalue weighted by Gasteiger charge is 2.32. The number of sulfonamides is 1. The van der Waals surface area contributed by atoms with E-state index in [2.05, 4.69) is 9.88 Å². The largest absolute Gasteiger partial charge is 0.360 e. The molecule has 1 unspecified atom stereocenters. The molecule has 1 atom stereocenters. The molecule has 1 aliphatic carbocycles. The van der Waals surface area contributed by atoms with Crippen molar-refractivity contribution in [1.29, 1.82) is 0 Å². The molecule has 1 fully saturated rings. The van der Waals surface area contributed by atoms with Crippen molar-refractivity contribution in [3.05, 3.63) is 47.3 Å². The second-order valence-corrected chi connectivity index (χ2v) is 8.39.